The van der Waals surface area contributed by atoms with Crippen molar-refractivity contribution >= 4 is 46.0 Å². The molecule has 1 fully saturated rings. The zero-order valence-corrected chi connectivity index (χ0v) is 18.1. The number of nitrogens with two attached hydrogens (primary N) is 1. The van der Waals surface area contributed by atoms with Crippen LogP contribution in [-0.4, -0.2) is 39.0 Å². The predicted octanol–water partition coefficient (Wildman–Crippen LogP) is 4.96. The fourth-order valence-electron chi connectivity index (χ4n) is 3.75. The number of nitrogens with one attached hydrogen (secondary N) is 1. The van der Waals surface area contributed by atoms with Crippen molar-refractivity contribution in [3.05, 3.63) is 58.6 Å². The van der Waals surface area contributed by atoms with Crippen LogP contribution in [0.15, 0.2) is 48.5 Å². The Morgan fingerprint density at radius 2 is 2.00 bits per heavy atom. The van der Waals surface area contributed by atoms with E-state index in [1.165, 1.54) is 0 Å². The van der Waals surface area contributed by atoms with Crippen LogP contribution >= 0.6 is 23.2 Å². The van der Waals surface area contributed by atoms with Gasteiger partial charge in [-0.2, -0.15) is 4.98 Å². The molecular weight excluding hydrogens is 435 g/mol. The number of rotatable bonds is 5. The van der Waals surface area contributed by atoms with Crippen molar-refractivity contribution in [3.8, 4) is 16.9 Å². The molecule has 3 heterocycles. The molecule has 2 aromatic heterocycles. The summed E-state index contributed by atoms with van der Waals surface area (Å²) >= 11 is 12.6. The number of halogens is 2. The Labute approximate surface area is 189 Å². The van der Waals surface area contributed by atoms with Gasteiger partial charge in [0.25, 0.3) is 0 Å². The molecule has 2 aromatic carbocycles. The van der Waals surface area contributed by atoms with Crippen molar-refractivity contribution in [1.29, 1.82) is 0 Å². The Balaban J connectivity index is 1.66. The first-order valence-corrected chi connectivity index (χ1v) is 10.8. The molecule has 0 aliphatic carbocycles. The van der Waals surface area contributed by atoms with E-state index in [0.29, 0.717) is 50.8 Å². The Morgan fingerprint density at radius 1 is 1.13 bits per heavy atom. The number of ether oxygens (including phenoxy) is 1. The van der Waals surface area contributed by atoms with Gasteiger partial charge >= 0.3 is 0 Å². The average molecular weight is 455 g/mol. The summed E-state index contributed by atoms with van der Waals surface area (Å²) in [7, 11) is 0. The van der Waals surface area contributed by atoms with E-state index in [0.717, 1.165) is 25.0 Å². The summed E-state index contributed by atoms with van der Waals surface area (Å²) in [4.78, 5) is 9.38. The molecule has 1 aliphatic rings. The van der Waals surface area contributed by atoms with Crippen LogP contribution in [0.25, 0.3) is 28.0 Å². The zero-order valence-electron chi connectivity index (χ0n) is 16.6. The summed E-state index contributed by atoms with van der Waals surface area (Å²) in [5.41, 5.74) is 9.15. The molecule has 1 saturated heterocycles. The van der Waals surface area contributed by atoms with E-state index < -0.39 is 0 Å². The molecule has 0 unspecified atom stereocenters. The molecule has 0 saturated carbocycles. The van der Waals surface area contributed by atoms with Gasteiger partial charge in [0.15, 0.2) is 5.65 Å². The van der Waals surface area contributed by atoms with Crippen LogP contribution in [0, 0.1) is 0 Å². The molecule has 3 N–H and O–H groups in total. The predicted molar refractivity (Wildman–Crippen MR) is 124 cm³/mol. The van der Waals surface area contributed by atoms with Crippen molar-refractivity contribution < 1.29 is 4.74 Å². The van der Waals surface area contributed by atoms with Crippen molar-refractivity contribution in [1.82, 2.24) is 19.7 Å². The number of hydrogen-bond donors (Lipinski definition) is 2. The van der Waals surface area contributed by atoms with Gasteiger partial charge in [0, 0.05) is 23.7 Å². The number of nitrogen functional groups attached to an aromatic ring is 1. The topological polar surface area (TPSA) is 90.9 Å². The Hall–Kier alpha value is -2.87. The molecule has 4 aromatic rings. The smallest absolute Gasteiger partial charge is 0.225 e. The highest BCUT2D eigenvalue weighted by molar-refractivity contribution is 6.32. The summed E-state index contributed by atoms with van der Waals surface area (Å²) in [5.74, 6) is 0.866. The molecule has 1 aliphatic heterocycles. The Kier molecular flexibility index (Phi) is 5.40. The van der Waals surface area contributed by atoms with Crippen LogP contribution in [-0.2, 0) is 4.74 Å². The van der Waals surface area contributed by atoms with E-state index in [1.54, 1.807) is 10.7 Å². The van der Waals surface area contributed by atoms with E-state index >= 15 is 0 Å². The molecule has 7 nitrogen and oxygen atoms in total. The Bertz CT molecular complexity index is 1250. The first-order valence-electron chi connectivity index (χ1n) is 10.0. The summed E-state index contributed by atoms with van der Waals surface area (Å²) in [5, 5.41) is 9.72. The summed E-state index contributed by atoms with van der Waals surface area (Å²) in [6, 6.07) is 14.9. The second-order valence-corrected chi connectivity index (χ2v) is 8.21. The van der Waals surface area contributed by atoms with Crippen molar-refractivity contribution in [2.45, 2.75) is 18.9 Å². The number of benzene rings is 2. The highest BCUT2D eigenvalue weighted by Crippen LogP contribution is 2.34. The average Bonchev–Trinajstić information content (AvgIpc) is 3.40. The van der Waals surface area contributed by atoms with Gasteiger partial charge in [-0.3, -0.25) is 0 Å². The lowest BCUT2D eigenvalue weighted by atomic mass is 10.1. The van der Waals surface area contributed by atoms with Crippen molar-refractivity contribution in [3.63, 3.8) is 0 Å². The molecule has 158 valence electrons. The van der Waals surface area contributed by atoms with Gasteiger partial charge in [0.1, 0.15) is 5.82 Å². The monoisotopic (exact) mass is 454 g/mol. The molecule has 1 atom stereocenters. The van der Waals surface area contributed by atoms with Crippen LogP contribution in [0.4, 0.5) is 11.8 Å². The van der Waals surface area contributed by atoms with E-state index in [4.69, 9.17) is 38.7 Å². The lowest BCUT2D eigenvalue weighted by Crippen LogP contribution is -2.19. The summed E-state index contributed by atoms with van der Waals surface area (Å²) in [6.07, 6.45) is 2.24. The fraction of sp³-hybridized carbons (Fsp3) is 0.227. The normalized spacial score (nSPS) is 16.1. The van der Waals surface area contributed by atoms with Crippen molar-refractivity contribution in [2.75, 3.05) is 24.2 Å². The summed E-state index contributed by atoms with van der Waals surface area (Å²) in [6.45, 7) is 1.42. The second-order valence-electron chi connectivity index (χ2n) is 7.37. The second kappa shape index (κ2) is 8.34. The SMILES string of the molecule is Nc1c2c(-c3cccc(Cl)c3)nc(NC[C@@H]3CCCO3)nc2nn1-c1ccccc1Cl. The van der Waals surface area contributed by atoms with Crippen molar-refractivity contribution in [2.24, 2.45) is 0 Å². The lowest BCUT2D eigenvalue weighted by molar-refractivity contribution is 0.120. The number of hydrogen-bond acceptors (Lipinski definition) is 6. The van der Waals surface area contributed by atoms with Gasteiger partial charge in [0.2, 0.25) is 5.95 Å². The van der Waals surface area contributed by atoms with Crippen LogP contribution < -0.4 is 11.1 Å². The standard InChI is InChI=1S/C22H20Cl2N6O/c23-14-6-3-5-13(11-14)19-18-20(25)30(17-9-2-1-8-16(17)24)29-21(18)28-22(27-19)26-12-15-7-4-10-31-15/h1-3,5-6,8-9,11,15H,4,7,10,12,25H2,(H,26,28,29)/t15-/m0/s1. The molecule has 0 bridgehead atoms. The minimum atomic E-state index is 0.152. The van der Waals surface area contributed by atoms with Crippen LogP contribution in [0.2, 0.25) is 10.0 Å². The van der Waals surface area contributed by atoms with E-state index in [2.05, 4.69) is 15.4 Å². The zero-order chi connectivity index (χ0) is 21.4. The first kappa shape index (κ1) is 20.1. The van der Waals surface area contributed by atoms with E-state index in [9.17, 15) is 0 Å². The highest BCUT2D eigenvalue weighted by Gasteiger charge is 2.21. The van der Waals surface area contributed by atoms with Gasteiger partial charge in [-0.05, 0) is 37.1 Å². The third kappa shape index (κ3) is 3.92. The molecule has 0 amide bonds. The third-order valence-corrected chi connectivity index (χ3v) is 5.81. The van der Waals surface area contributed by atoms with E-state index in [1.807, 2.05) is 42.5 Å². The molecule has 31 heavy (non-hydrogen) atoms. The fourth-order valence-corrected chi connectivity index (χ4v) is 4.16. The summed E-state index contributed by atoms with van der Waals surface area (Å²) < 4.78 is 7.29. The molecule has 9 heteroatoms. The minimum Gasteiger partial charge on any atom is -0.383 e. The van der Waals surface area contributed by atoms with Crippen LogP contribution in [0.5, 0.6) is 0 Å². The largest absolute Gasteiger partial charge is 0.383 e. The third-order valence-electron chi connectivity index (χ3n) is 5.26. The number of fused-ring (bicyclic) bond motifs is 1. The van der Waals surface area contributed by atoms with Gasteiger partial charge in [0.05, 0.1) is 27.9 Å². The maximum Gasteiger partial charge on any atom is 0.225 e. The number of anilines is 2. The highest BCUT2D eigenvalue weighted by atomic mass is 35.5. The lowest BCUT2D eigenvalue weighted by Gasteiger charge is -2.12. The van der Waals surface area contributed by atoms with Gasteiger partial charge in [-0.1, -0.05) is 47.5 Å². The van der Waals surface area contributed by atoms with Crippen LogP contribution in [0.3, 0.4) is 0 Å². The molecule has 5 rings (SSSR count). The van der Waals surface area contributed by atoms with Gasteiger partial charge in [-0.25, -0.2) is 9.67 Å². The number of aromatic nitrogens is 4. The quantitative estimate of drug-likeness (QED) is 0.442. The maximum atomic E-state index is 6.53. The van der Waals surface area contributed by atoms with E-state index in [-0.39, 0.29) is 6.10 Å². The van der Waals surface area contributed by atoms with Gasteiger partial charge < -0.3 is 15.8 Å². The van der Waals surface area contributed by atoms with Gasteiger partial charge in [-0.15, -0.1) is 5.10 Å². The minimum absolute atomic E-state index is 0.152. The molecule has 0 radical (unpaired) electrons. The number of para-hydroxylation sites is 1. The Morgan fingerprint density at radius 3 is 2.77 bits per heavy atom. The number of nitrogens with zero attached hydrogens (tertiary/aromatic N) is 4. The van der Waals surface area contributed by atoms with Crippen LogP contribution in [0.1, 0.15) is 12.8 Å². The first-order chi connectivity index (χ1) is 15.1. The molecular formula is C22H20Cl2N6O. The molecule has 0 spiro atoms. The maximum absolute atomic E-state index is 6.53.